The van der Waals surface area contributed by atoms with Crippen LogP contribution in [0, 0.1) is 5.82 Å². The highest BCUT2D eigenvalue weighted by Gasteiger charge is 2.47. The average molecular weight is 213 g/mol. The molecular formula is C10H11F2N2O+. The lowest BCUT2D eigenvalue weighted by Gasteiger charge is -2.15. The number of nitrogens with one attached hydrogen (secondary N) is 1. The number of hydrogen-bond acceptors (Lipinski definition) is 1. The molecule has 1 amide bonds. The highest BCUT2D eigenvalue weighted by molar-refractivity contribution is 6.04. The highest BCUT2D eigenvalue weighted by Crippen LogP contribution is 2.41. The predicted molar refractivity (Wildman–Crippen MR) is 50.2 cm³/mol. The van der Waals surface area contributed by atoms with E-state index in [0.717, 1.165) is 6.07 Å². The first kappa shape index (κ1) is 10.0. The normalized spacial score (nSPS) is 23.8. The van der Waals surface area contributed by atoms with E-state index in [-0.39, 0.29) is 18.5 Å². The molecule has 3 nitrogen and oxygen atoms in total. The third-order valence-electron chi connectivity index (χ3n) is 2.54. The number of hydrogen-bond donors (Lipinski definition) is 2. The van der Waals surface area contributed by atoms with Gasteiger partial charge < -0.3 is 11.1 Å². The molecule has 1 aliphatic heterocycles. The Kier molecular flexibility index (Phi) is 2.19. The van der Waals surface area contributed by atoms with E-state index in [0.29, 0.717) is 5.69 Å². The van der Waals surface area contributed by atoms with Gasteiger partial charge in [-0.25, -0.2) is 8.78 Å². The van der Waals surface area contributed by atoms with E-state index < -0.39 is 17.4 Å². The van der Waals surface area contributed by atoms with Gasteiger partial charge in [0.25, 0.3) is 5.91 Å². The minimum atomic E-state index is -2.13. The zero-order chi connectivity index (χ0) is 11.1. The van der Waals surface area contributed by atoms with Crippen LogP contribution in [-0.2, 0) is 10.5 Å². The summed E-state index contributed by atoms with van der Waals surface area (Å²) in [5.41, 5.74) is 1.81. The first-order chi connectivity index (χ1) is 7.08. The second-order valence-corrected chi connectivity index (χ2v) is 3.55. The molecule has 0 bridgehead atoms. The largest absolute Gasteiger partial charge is 0.357 e. The van der Waals surface area contributed by atoms with E-state index in [2.05, 4.69) is 11.1 Å². The Balaban J connectivity index is 2.52. The topological polar surface area (TPSA) is 56.7 Å². The molecule has 2 rings (SSSR count). The Labute approximate surface area is 85.3 Å². The van der Waals surface area contributed by atoms with E-state index in [9.17, 15) is 13.6 Å². The number of carbonyl (C=O) groups is 1. The molecule has 1 heterocycles. The lowest BCUT2D eigenvalue weighted by molar-refractivity contribution is -0.372. The number of halogens is 2. The maximum atomic E-state index is 14.3. The van der Waals surface area contributed by atoms with Crippen molar-refractivity contribution in [2.45, 2.75) is 12.1 Å². The van der Waals surface area contributed by atoms with E-state index in [1.54, 1.807) is 0 Å². The Morgan fingerprint density at radius 3 is 2.87 bits per heavy atom. The molecule has 80 valence electrons. The molecule has 5 heteroatoms. The molecule has 0 saturated heterocycles. The molecule has 1 aromatic carbocycles. The number of carbonyl (C=O) groups excluding carboxylic acids is 1. The summed E-state index contributed by atoms with van der Waals surface area (Å²) >= 11 is 0. The number of alkyl halides is 1. The van der Waals surface area contributed by atoms with Crippen LogP contribution in [0.5, 0.6) is 0 Å². The Hall–Kier alpha value is -1.49. The molecule has 0 spiro atoms. The summed E-state index contributed by atoms with van der Waals surface area (Å²) in [5, 5.41) is 2.39. The van der Waals surface area contributed by atoms with Gasteiger partial charge in [-0.3, -0.25) is 4.79 Å². The maximum absolute atomic E-state index is 14.3. The monoisotopic (exact) mass is 213 g/mol. The lowest BCUT2D eigenvalue weighted by Crippen LogP contribution is -2.53. The minimum absolute atomic E-state index is 0.0325. The second-order valence-electron chi connectivity index (χ2n) is 3.55. The number of benzene rings is 1. The van der Waals surface area contributed by atoms with Crippen LogP contribution in [0.4, 0.5) is 14.5 Å². The standard InChI is InChI=1S/C10H10F2N2O/c11-6-1-2-8-7(5-6)10(12,3-4-13)9(15)14-8/h1-2,5H,3-4,13H2,(H,14,15)/p+1. The summed E-state index contributed by atoms with van der Waals surface area (Å²) in [4.78, 5) is 11.4. The van der Waals surface area contributed by atoms with E-state index in [1.807, 2.05) is 0 Å². The fraction of sp³-hybridized carbons (Fsp3) is 0.300. The second kappa shape index (κ2) is 3.27. The maximum Gasteiger partial charge on any atom is 0.267 e. The van der Waals surface area contributed by atoms with Crippen LogP contribution in [0.2, 0.25) is 0 Å². The summed E-state index contributed by atoms with van der Waals surface area (Å²) in [6, 6.07) is 3.62. The van der Waals surface area contributed by atoms with Crippen molar-refractivity contribution in [3.05, 3.63) is 29.6 Å². The van der Waals surface area contributed by atoms with Gasteiger partial charge >= 0.3 is 0 Å². The molecule has 0 aliphatic carbocycles. The summed E-state index contributed by atoms with van der Waals surface area (Å²) < 4.78 is 27.2. The SMILES string of the molecule is [NH3+]CCC1(F)C(=O)Nc2ccc(F)cc21. The van der Waals surface area contributed by atoms with Crippen LogP contribution in [-0.4, -0.2) is 12.5 Å². The van der Waals surface area contributed by atoms with Crippen molar-refractivity contribution in [2.24, 2.45) is 0 Å². The number of quaternary nitrogens is 1. The summed E-state index contributed by atoms with van der Waals surface area (Å²) in [7, 11) is 0. The average Bonchev–Trinajstić information content (AvgIpc) is 2.42. The number of anilines is 1. The first-order valence-corrected chi connectivity index (χ1v) is 4.67. The van der Waals surface area contributed by atoms with Crippen molar-refractivity contribution in [3.63, 3.8) is 0 Å². The van der Waals surface area contributed by atoms with Crippen molar-refractivity contribution in [3.8, 4) is 0 Å². The zero-order valence-corrected chi connectivity index (χ0v) is 8.02. The molecule has 0 fully saturated rings. The van der Waals surface area contributed by atoms with Crippen molar-refractivity contribution in [1.29, 1.82) is 0 Å². The molecule has 0 radical (unpaired) electrons. The summed E-state index contributed by atoms with van der Waals surface area (Å²) in [6.45, 7) is 0.278. The van der Waals surface area contributed by atoms with Gasteiger partial charge in [0.1, 0.15) is 5.82 Å². The van der Waals surface area contributed by atoms with Crippen molar-refractivity contribution < 1.29 is 19.3 Å². The van der Waals surface area contributed by atoms with E-state index in [4.69, 9.17) is 0 Å². The zero-order valence-electron chi connectivity index (χ0n) is 8.02. The molecule has 4 N–H and O–H groups in total. The minimum Gasteiger partial charge on any atom is -0.357 e. The number of rotatable bonds is 2. The van der Waals surface area contributed by atoms with Gasteiger partial charge in [0.05, 0.1) is 6.54 Å². The first-order valence-electron chi connectivity index (χ1n) is 4.67. The van der Waals surface area contributed by atoms with Crippen molar-refractivity contribution >= 4 is 11.6 Å². The van der Waals surface area contributed by atoms with Gasteiger partial charge in [-0.1, -0.05) is 0 Å². The molecule has 0 saturated carbocycles. The smallest absolute Gasteiger partial charge is 0.267 e. The molecule has 0 aromatic heterocycles. The van der Waals surface area contributed by atoms with Gasteiger partial charge in [0.15, 0.2) is 0 Å². The van der Waals surface area contributed by atoms with Crippen molar-refractivity contribution in [2.75, 3.05) is 11.9 Å². The van der Waals surface area contributed by atoms with Crippen LogP contribution in [0.25, 0.3) is 0 Å². The highest BCUT2D eigenvalue weighted by atomic mass is 19.1. The third-order valence-corrected chi connectivity index (χ3v) is 2.54. The van der Waals surface area contributed by atoms with Gasteiger partial charge in [-0.2, -0.15) is 0 Å². The lowest BCUT2D eigenvalue weighted by atomic mass is 9.94. The Morgan fingerprint density at radius 1 is 1.47 bits per heavy atom. The van der Waals surface area contributed by atoms with E-state index in [1.165, 1.54) is 12.1 Å². The summed E-state index contributed by atoms with van der Waals surface area (Å²) in [6.07, 6.45) is -0.0325. The molecular weight excluding hydrogens is 202 g/mol. The number of amides is 1. The Bertz CT molecular complexity index is 422. The van der Waals surface area contributed by atoms with Gasteiger partial charge in [0.2, 0.25) is 5.67 Å². The molecule has 1 atom stereocenters. The van der Waals surface area contributed by atoms with Crippen LogP contribution < -0.4 is 11.1 Å². The molecule has 1 aliphatic rings. The van der Waals surface area contributed by atoms with Crippen molar-refractivity contribution in [1.82, 2.24) is 0 Å². The number of fused-ring (bicyclic) bond motifs is 1. The fourth-order valence-electron chi connectivity index (χ4n) is 1.79. The summed E-state index contributed by atoms with van der Waals surface area (Å²) in [5.74, 6) is -1.27. The van der Waals surface area contributed by atoms with Crippen LogP contribution in [0.1, 0.15) is 12.0 Å². The molecule has 15 heavy (non-hydrogen) atoms. The quantitative estimate of drug-likeness (QED) is 0.741. The Morgan fingerprint density at radius 2 is 2.20 bits per heavy atom. The third kappa shape index (κ3) is 1.39. The van der Waals surface area contributed by atoms with Gasteiger partial charge in [0, 0.05) is 17.7 Å². The van der Waals surface area contributed by atoms with E-state index >= 15 is 0 Å². The predicted octanol–water partition coefficient (Wildman–Crippen LogP) is 0.575. The van der Waals surface area contributed by atoms with Crippen LogP contribution >= 0.6 is 0 Å². The van der Waals surface area contributed by atoms with Crippen LogP contribution in [0.3, 0.4) is 0 Å². The fourth-order valence-corrected chi connectivity index (χ4v) is 1.79. The van der Waals surface area contributed by atoms with Gasteiger partial charge in [-0.15, -0.1) is 0 Å². The van der Waals surface area contributed by atoms with Gasteiger partial charge in [-0.05, 0) is 18.2 Å². The molecule has 1 unspecified atom stereocenters. The van der Waals surface area contributed by atoms with Crippen LogP contribution in [0.15, 0.2) is 18.2 Å². The molecule has 1 aromatic rings.